The lowest BCUT2D eigenvalue weighted by molar-refractivity contribution is -0.135. The highest BCUT2D eigenvalue weighted by Crippen LogP contribution is 2.30. The van der Waals surface area contributed by atoms with Gasteiger partial charge in [0.25, 0.3) is 0 Å². The quantitative estimate of drug-likeness (QED) is 0.820. The Balaban J connectivity index is 1.64. The van der Waals surface area contributed by atoms with Crippen molar-refractivity contribution in [3.05, 3.63) is 18.2 Å². The smallest absolute Gasteiger partial charge is 0.222 e. The highest BCUT2D eigenvalue weighted by molar-refractivity contribution is 5.76. The molecule has 0 aromatic carbocycles. The van der Waals surface area contributed by atoms with Gasteiger partial charge in [0.05, 0.1) is 18.6 Å². The van der Waals surface area contributed by atoms with E-state index < -0.39 is 0 Å². The molecule has 0 bridgehead atoms. The molecule has 0 radical (unpaired) electrons. The van der Waals surface area contributed by atoms with Crippen LogP contribution in [-0.4, -0.2) is 64.7 Å². The third-order valence-electron chi connectivity index (χ3n) is 5.14. The van der Waals surface area contributed by atoms with Crippen molar-refractivity contribution < 1.29 is 9.53 Å². The number of piperidine rings is 1. The highest BCUT2D eigenvalue weighted by Gasteiger charge is 2.37. The van der Waals surface area contributed by atoms with E-state index in [4.69, 9.17) is 4.74 Å². The van der Waals surface area contributed by atoms with Gasteiger partial charge in [-0.05, 0) is 25.2 Å². The van der Waals surface area contributed by atoms with E-state index in [9.17, 15) is 4.79 Å². The predicted octanol–water partition coefficient (Wildman–Crippen LogP) is 1.27. The van der Waals surface area contributed by atoms with E-state index in [1.807, 2.05) is 17.9 Å². The van der Waals surface area contributed by atoms with Crippen LogP contribution in [0, 0.1) is 5.92 Å². The number of ether oxygens (including phenoxy) is 1. The number of amides is 1. The molecule has 1 amide bonds. The van der Waals surface area contributed by atoms with Crippen LogP contribution < -0.4 is 0 Å². The van der Waals surface area contributed by atoms with Crippen molar-refractivity contribution in [1.82, 2.24) is 19.4 Å². The van der Waals surface area contributed by atoms with E-state index in [2.05, 4.69) is 21.0 Å². The number of fused-ring (bicyclic) bond motifs is 1. The maximum Gasteiger partial charge on any atom is 0.222 e. The second-order valence-corrected chi connectivity index (χ2v) is 6.85. The monoisotopic (exact) mass is 320 g/mol. The molecule has 2 aliphatic heterocycles. The number of carbonyl (C=O) groups is 1. The molecular weight excluding hydrogens is 292 g/mol. The van der Waals surface area contributed by atoms with E-state index in [1.165, 1.54) is 0 Å². The Kier molecular flexibility index (Phi) is 5.33. The Morgan fingerprint density at radius 2 is 2.26 bits per heavy atom. The highest BCUT2D eigenvalue weighted by atomic mass is 16.5. The summed E-state index contributed by atoms with van der Waals surface area (Å²) in [5.41, 5.74) is 1.13. The van der Waals surface area contributed by atoms with Crippen molar-refractivity contribution in [2.45, 2.75) is 38.3 Å². The Labute approximate surface area is 138 Å². The molecular formula is C17H28N4O2. The molecule has 0 aliphatic carbocycles. The average Bonchev–Trinajstić information content (AvgIpc) is 2.87. The summed E-state index contributed by atoms with van der Waals surface area (Å²) in [5.74, 6) is 0.892. The Hall–Kier alpha value is -1.40. The number of likely N-dealkylation sites (tertiary alicyclic amines) is 2. The first kappa shape index (κ1) is 16.5. The third kappa shape index (κ3) is 3.93. The number of hydrogen-bond acceptors (Lipinski definition) is 4. The summed E-state index contributed by atoms with van der Waals surface area (Å²) in [6.45, 7) is 4.38. The van der Waals surface area contributed by atoms with E-state index in [0.29, 0.717) is 30.9 Å². The van der Waals surface area contributed by atoms with Gasteiger partial charge in [-0.3, -0.25) is 9.69 Å². The van der Waals surface area contributed by atoms with Crippen LogP contribution in [0.5, 0.6) is 0 Å². The van der Waals surface area contributed by atoms with Gasteiger partial charge < -0.3 is 14.2 Å². The van der Waals surface area contributed by atoms with Crippen molar-refractivity contribution in [1.29, 1.82) is 0 Å². The van der Waals surface area contributed by atoms with Crippen LogP contribution in [0.25, 0.3) is 0 Å². The Morgan fingerprint density at radius 1 is 1.39 bits per heavy atom. The molecule has 128 valence electrons. The number of aryl methyl sites for hydroxylation is 1. The van der Waals surface area contributed by atoms with Gasteiger partial charge in [-0.25, -0.2) is 4.98 Å². The van der Waals surface area contributed by atoms with Gasteiger partial charge in [0.1, 0.15) is 0 Å². The number of hydrogen-bond donors (Lipinski definition) is 0. The van der Waals surface area contributed by atoms with Crippen LogP contribution in [0.4, 0.5) is 0 Å². The molecule has 6 nitrogen and oxygen atoms in total. The largest absolute Gasteiger partial charge is 0.383 e. The Bertz CT molecular complexity index is 530. The summed E-state index contributed by atoms with van der Waals surface area (Å²) >= 11 is 0. The van der Waals surface area contributed by atoms with Gasteiger partial charge in [0.15, 0.2) is 0 Å². The summed E-state index contributed by atoms with van der Waals surface area (Å²) in [6.07, 6.45) is 7.87. The lowest BCUT2D eigenvalue weighted by Crippen LogP contribution is -2.52. The van der Waals surface area contributed by atoms with Gasteiger partial charge >= 0.3 is 0 Å². The van der Waals surface area contributed by atoms with Crippen LogP contribution in [0.2, 0.25) is 0 Å². The van der Waals surface area contributed by atoms with Crippen LogP contribution in [-0.2, 0) is 23.1 Å². The molecule has 2 atom stereocenters. The molecule has 2 aliphatic rings. The lowest BCUT2D eigenvalue weighted by atomic mass is 9.88. The third-order valence-corrected chi connectivity index (χ3v) is 5.14. The molecule has 0 spiro atoms. The summed E-state index contributed by atoms with van der Waals surface area (Å²) in [7, 11) is 3.71. The van der Waals surface area contributed by atoms with Gasteiger partial charge in [0.2, 0.25) is 5.91 Å². The van der Waals surface area contributed by atoms with Crippen molar-refractivity contribution >= 4 is 5.91 Å². The zero-order valence-electron chi connectivity index (χ0n) is 14.3. The molecule has 2 saturated heterocycles. The number of carbonyl (C=O) groups excluding carboxylic acids is 1. The zero-order chi connectivity index (χ0) is 16.2. The standard InChI is InChI=1S/C17H28N4O2/c1-19-11-15(18-13-19)12-20-7-6-16-14(10-20)4-3-5-17(22)21(16)8-9-23-2/h11,13-14,16H,3-10,12H2,1-2H3/t14-,16+/m0/s1. The average molecular weight is 320 g/mol. The van der Waals surface area contributed by atoms with Gasteiger partial charge in [-0.1, -0.05) is 0 Å². The fraction of sp³-hybridized carbons (Fsp3) is 0.765. The van der Waals surface area contributed by atoms with Crippen LogP contribution >= 0.6 is 0 Å². The molecule has 2 fully saturated rings. The van der Waals surface area contributed by atoms with Gasteiger partial charge in [0, 0.05) is 59.0 Å². The molecule has 0 N–H and O–H groups in total. The molecule has 3 heterocycles. The van der Waals surface area contributed by atoms with Crippen molar-refractivity contribution in [2.24, 2.45) is 13.0 Å². The summed E-state index contributed by atoms with van der Waals surface area (Å²) in [6, 6.07) is 0.389. The van der Waals surface area contributed by atoms with Crippen LogP contribution in [0.15, 0.2) is 12.5 Å². The Morgan fingerprint density at radius 3 is 3.00 bits per heavy atom. The van der Waals surface area contributed by atoms with Crippen LogP contribution in [0.1, 0.15) is 31.4 Å². The van der Waals surface area contributed by atoms with Crippen LogP contribution in [0.3, 0.4) is 0 Å². The molecule has 6 heteroatoms. The normalized spacial score (nSPS) is 26.2. The van der Waals surface area contributed by atoms with Crippen molar-refractivity contribution in [3.63, 3.8) is 0 Å². The maximum absolute atomic E-state index is 12.4. The second kappa shape index (κ2) is 7.45. The second-order valence-electron chi connectivity index (χ2n) is 6.85. The molecule has 0 saturated carbocycles. The molecule has 23 heavy (non-hydrogen) atoms. The lowest BCUT2D eigenvalue weighted by Gasteiger charge is -2.42. The number of methoxy groups -OCH3 is 1. The van der Waals surface area contributed by atoms with Gasteiger partial charge in [-0.15, -0.1) is 0 Å². The number of aromatic nitrogens is 2. The number of rotatable bonds is 5. The molecule has 1 aromatic heterocycles. The summed E-state index contributed by atoms with van der Waals surface area (Å²) in [5, 5.41) is 0. The minimum absolute atomic E-state index is 0.313. The van der Waals surface area contributed by atoms with E-state index >= 15 is 0 Å². The fourth-order valence-electron chi connectivity index (χ4n) is 4.03. The molecule has 1 aromatic rings. The predicted molar refractivity (Wildman–Crippen MR) is 87.8 cm³/mol. The topological polar surface area (TPSA) is 50.6 Å². The van der Waals surface area contributed by atoms with Gasteiger partial charge in [-0.2, -0.15) is 0 Å². The van der Waals surface area contributed by atoms with E-state index in [0.717, 1.165) is 51.1 Å². The first-order valence-electron chi connectivity index (χ1n) is 8.65. The maximum atomic E-state index is 12.4. The molecule has 3 rings (SSSR count). The zero-order valence-corrected chi connectivity index (χ0v) is 14.3. The van der Waals surface area contributed by atoms with Crippen molar-refractivity contribution in [3.8, 4) is 0 Å². The molecule has 0 unspecified atom stereocenters. The SMILES string of the molecule is COCCN1C(=O)CCC[C@H]2CN(Cc3cn(C)cn3)CC[C@H]21. The first-order chi connectivity index (χ1) is 11.2. The van der Waals surface area contributed by atoms with E-state index in [-0.39, 0.29) is 0 Å². The van der Waals surface area contributed by atoms with E-state index in [1.54, 1.807) is 7.11 Å². The number of imidazole rings is 1. The minimum Gasteiger partial charge on any atom is -0.383 e. The summed E-state index contributed by atoms with van der Waals surface area (Å²) < 4.78 is 7.20. The number of nitrogens with zero attached hydrogens (tertiary/aromatic N) is 4. The fourth-order valence-corrected chi connectivity index (χ4v) is 4.03. The van der Waals surface area contributed by atoms with Crippen molar-refractivity contribution in [2.75, 3.05) is 33.4 Å². The first-order valence-corrected chi connectivity index (χ1v) is 8.65. The minimum atomic E-state index is 0.313. The summed E-state index contributed by atoms with van der Waals surface area (Å²) in [4.78, 5) is 21.4.